The molecule has 1 fully saturated rings. The number of thioether (sulfide) groups is 1. The van der Waals surface area contributed by atoms with Gasteiger partial charge in [-0.2, -0.15) is 16.9 Å². The van der Waals surface area contributed by atoms with Crippen molar-refractivity contribution in [2.45, 2.75) is 12.1 Å². The lowest BCUT2D eigenvalue weighted by Crippen LogP contribution is -2.50. The largest absolute Gasteiger partial charge is 0.314 e. The zero-order valence-electron chi connectivity index (χ0n) is 14.3. The number of likely N-dealkylation sites (N-methyl/N-ethyl adjacent to an activating group) is 1. The molecule has 134 valence electrons. The number of carbonyl (C=O) groups is 1. The molecule has 1 saturated heterocycles. The second-order valence-electron chi connectivity index (χ2n) is 6.40. The monoisotopic (exact) mass is 430 g/mol. The van der Waals surface area contributed by atoms with Gasteiger partial charge in [-0.1, -0.05) is 28.1 Å². The molecular formula is C19H19BrN4OS. The van der Waals surface area contributed by atoms with E-state index >= 15 is 0 Å². The van der Waals surface area contributed by atoms with Crippen LogP contribution in [0.15, 0.2) is 53.1 Å². The van der Waals surface area contributed by atoms with E-state index in [4.69, 9.17) is 0 Å². The van der Waals surface area contributed by atoms with Crippen molar-refractivity contribution in [1.82, 2.24) is 15.5 Å². The molecule has 2 atom stereocenters. The number of rotatable bonds is 3. The summed E-state index contributed by atoms with van der Waals surface area (Å²) in [6.07, 6.45) is 1.77. The van der Waals surface area contributed by atoms with Crippen LogP contribution in [0, 0.1) is 0 Å². The first-order valence-electron chi connectivity index (χ1n) is 8.42. The van der Waals surface area contributed by atoms with Gasteiger partial charge in [-0.15, -0.1) is 0 Å². The Hall–Kier alpha value is -1.83. The smallest absolute Gasteiger partial charge is 0.244 e. The van der Waals surface area contributed by atoms with Crippen molar-refractivity contribution >= 4 is 50.2 Å². The van der Waals surface area contributed by atoms with Gasteiger partial charge in [-0.25, -0.2) is 0 Å². The Labute approximate surface area is 164 Å². The summed E-state index contributed by atoms with van der Waals surface area (Å²) in [5.74, 6) is 1.84. The molecule has 2 N–H and O–H groups in total. The maximum Gasteiger partial charge on any atom is 0.244 e. The molecule has 2 heterocycles. The van der Waals surface area contributed by atoms with Crippen molar-refractivity contribution in [2.24, 2.45) is 0 Å². The number of carbonyl (C=O) groups excluding carboxylic acids is 1. The molecular weight excluding hydrogens is 412 g/mol. The Bertz CT molecular complexity index is 927. The molecule has 1 aliphatic heterocycles. The number of nitrogens with zero attached hydrogens (tertiary/aromatic N) is 2. The molecule has 0 saturated carbocycles. The number of hydrogen-bond acceptors (Lipinski definition) is 4. The van der Waals surface area contributed by atoms with Crippen LogP contribution in [0.5, 0.6) is 0 Å². The van der Waals surface area contributed by atoms with E-state index in [0.717, 1.165) is 32.6 Å². The number of halogens is 1. The zero-order valence-corrected chi connectivity index (χ0v) is 16.7. The lowest BCUT2D eigenvalue weighted by Gasteiger charge is -2.32. The first-order chi connectivity index (χ1) is 12.6. The number of amides is 1. The Balaban J connectivity index is 1.50. The van der Waals surface area contributed by atoms with Gasteiger partial charge < -0.3 is 4.90 Å². The lowest BCUT2D eigenvalue weighted by atomic mass is 10.1. The van der Waals surface area contributed by atoms with Crippen LogP contribution in [0.3, 0.4) is 0 Å². The summed E-state index contributed by atoms with van der Waals surface area (Å²) in [6.45, 7) is 0. The van der Waals surface area contributed by atoms with Crippen molar-refractivity contribution < 1.29 is 4.79 Å². The fourth-order valence-corrected chi connectivity index (χ4v) is 4.57. The van der Waals surface area contributed by atoms with E-state index in [1.54, 1.807) is 11.1 Å². The quantitative estimate of drug-likeness (QED) is 0.664. The summed E-state index contributed by atoms with van der Waals surface area (Å²) in [7, 11) is 1.83. The summed E-state index contributed by atoms with van der Waals surface area (Å²) in [4.78, 5) is 14.8. The Kier molecular flexibility index (Phi) is 5.02. The van der Waals surface area contributed by atoms with Crippen LogP contribution in [0.2, 0.25) is 0 Å². The van der Waals surface area contributed by atoms with Crippen molar-refractivity contribution in [3.8, 4) is 0 Å². The number of fused-ring (bicyclic) bond motifs is 1. The average molecular weight is 431 g/mol. The van der Waals surface area contributed by atoms with Crippen LogP contribution in [-0.4, -0.2) is 40.7 Å². The summed E-state index contributed by atoms with van der Waals surface area (Å²) < 4.78 is 1.06. The van der Waals surface area contributed by atoms with Gasteiger partial charge in [-0.3, -0.25) is 15.2 Å². The fourth-order valence-electron chi connectivity index (χ4n) is 3.17. The van der Waals surface area contributed by atoms with E-state index in [0.29, 0.717) is 0 Å². The second kappa shape index (κ2) is 7.42. The molecule has 1 amide bonds. The first kappa shape index (κ1) is 17.6. The number of benzene rings is 2. The van der Waals surface area contributed by atoms with Crippen LogP contribution < -0.4 is 10.2 Å². The van der Waals surface area contributed by atoms with Crippen molar-refractivity contribution in [3.63, 3.8) is 0 Å². The van der Waals surface area contributed by atoms with E-state index in [1.165, 1.54) is 5.56 Å². The van der Waals surface area contributed by atoms with E-state index in [1.807, 2.05) is 49.1 Å². The summed E-state index contributed by atoms with van der Waals surface area (Å²) in [5, 5.41) is 11.5. The normalized spacial score (nSPS) is 20.2. The van der Waals surface area contributed by atoms with Crippen LogP contribution in [-0.2, 0) is 4.79 Å². The zero-order chi connectivity index (χ0) is 18.1. The standard InChI is InChI=1S/C19H19BrN4OS/c1-24(15-6-7-16-13(8-15)9-21-23-16)19(25)18-11-26-10-17(22-18)12-2-4-14(20)5-3-12/h2-9,17-18,22H,10-11H2,1H3,(H,21,23)/t17?,18-/m0/s1. The number of H-pyrrole nitrogens is 1. The van der Waals surface area contributed by atoms with Gasteiger partial charge in [0.25, 0.3) is 0 Å². The highest BCUT2D eigenvalue weighted by atomic mass is 79.9. The maximum absolute atomic E-state index is 13.0. The molecule has 4 rings (SSSR count). The molecule has 2 aromatic carbocycles. The third-order valence-corrected chi connectivity index (χ3v) is 6.35. The number of aromatic nitrogens is 2. The molecule has 0 bridgehead atoms. The summed E-state index contributed by atoms with van der Waals surface area (Å²) in [5.41, 5.74) is 3.05. The molecule has 0 aliphatic carbocycles. The van der Waals surface area contributed by atoms with Gasteiger partial charge in [0.05, 0.1) is 17.8 Å². The topological polar surface area (TPSA) is 61.0 Å². The van der Waals surface area contributed by atoms with Gasteiger partial charge in [0.1, 0.15) is 0 Å². The highest BCUT2D eigenvalue weighted by Crippen LogP contribution is 2.27. The van der Waals surface area contributed by atoms with Crippen molar-refractivity contribution in [1.29, 1.82) is 0 Å². The molecule has 26 heavy (non-hydrogen) atoms. The number of aromatic amines is 1. The van der Waals surface area contributed by atoms with Gasteiger partial charge in [0.15, 0.2) is 0 Å². The van der Waals surface area contributed by atoms with Gasteiger partial charge >= 0.3 is 0 Å². The third kappa shape index (κ3) is 3.51. The number of hydrogen-bond donors (Lipinski definition) is 2. The Morgan fingerprint density at radius 3 is 2.85 bits per heavy atom. The predicted octanol–water partition coefficient (Wildman–Crippen LogP) is 3.73. The van der Waals surface area contributed by atoms with E-state index < -0.39 is 0 Å². The highest BCUT2D eigenvalue weighted by molar-refractivity contribution is 9.10. The first-order valence-corrected chi connectivity index (χ1v) is 10.4. The molecule has 7 heteroatoms. The van der Waals surface area contributed by atoms with Gasteiger partial charge in [-0.05, 0) is 35.9 Å². The minimum atomic E-state index is -0.201. The Morgan fingerprint density at radius 2 is 2.04 bits per heavy atom. The van der Waals surface area contributed by atoms with Crippen LogP contribution in [0.1, 0.15) is 11.6 Å². The molecule has 3 aromatic rings. The summed E-state index contributed by atoms with van der Waals surface area (Å²) >= 11 is 5.29. The SMILES string of the molecule is CN(C(=O)[C@@H]1CSCC(c2ccc(Br)cc2)N1)c1ccc2[nH]ncc2c1. The molecule has 1 aliphatic rings. The minimum absolute atomic E-state index is 0.0853. The van der Waals surface area contributed by atoms with Crippen molar-refractivity contribution in [3.05, 3.63) is 58.7 Å². The van der Waals surface area contributed by atoms with Crippen LogP contribution in [0.25, 0.3) is 10.9 Å². The second-order valence-corrected chi connectivity index (χ2v) is 8.39. The van der Waals surface area contributed by atoms with Crippen molar-refractivity contribution in [2.75, 3.05) is 23.5 Å². The number of anilines is 1. The van der Waals surface area contributed by atoms with E-state index in [-0.39, 0.29) is 18.0 Å². The lowest BCUT2D eigenvalue weighted by molar-refractivity contribution is -0.120. The van der Waals surface area contributed by atoms with Gasteiger partial charge in [0.2, 0.25) is 5.91 Å². The molecule has 0 spiro atoms. The highest BCUT2D eigenvalue weighted by Gasteiger charge is 2.30. The molecule has 1 aromatic heterocycles. The fraction of sp³-hybridized carbons (Fsp3) is 0.263. The van der Waals surface area contributed by atoms with E-state index in [2.05, 4.69) is 43.6 Å². The van der Waals surface area contributed by atoms with Gasteiger partial charge in [0, 0.05) is 40.1 Å². The molecule has 0 radical (unpaired) electrons. The molecule has 5 nitrogen and oxygen atoms in total. The Morgan fingerprint density at radius 1 is 1.23 bits per heavy atom. The average Bonchev–Trinajstić information content (AvgIpc) is 3.15. The maximum atomic E-state index is 13.0. The van der Waals surface area contributed by atoms with Crippen LogP contribution >= 0.6 is 27.7 Å². The van der Waals surface area contributed by atoms with E-state index in [9.17, 15) is 4.79 Å². The summed E-state index contributed by atoms with van der Waals surface area (Å²) in [6, 6.07) is 14.2. The minimum Gasteiger partial charge on any atom is -0.314 e. The van der Waals surface area contributed by atoms with Crippen LogP contribution in [0.4, 0.5) is 5.69 Å². The predicted molar refractivity (Wildman–Crippen MR) is 111 cm³/mol. The number of nitrogens with one attached hydrogen (secondary N) is 2. The third-order valence-electron chi connectivity index (χ3n) is 4.68. The molecule has 1 unspecified atom stereocenters.